The molecule has 0 aliphatic carbocycles. The third-order valence-electron chi connectivity index (χ3n) is 3.25. The summed E-state index contributed by atoms with van der Waals surface area (Å²) in [6.07, 6.45) is 10.4. The fourth-order valence-electron chi connectivity index (χ4n) is 2.22. The third-order valence-corrected chi connectivity index (χ3v) is 3.25. The van der Waals surface area contributed by atoms with E-state index in [1.165, 1.54) is 5.56 Å². The van der Waals surface area contributed by atoms with Crippen LogP contribution >= 0.6 is 0 Å². The van der Waals surface area contributed by atoms with Crippen molar-refractivity contribution in [2.75, 3.05) is 0 Å². The Hall–Kier alpha value is -2.50. The fourth-order valence-corrected chi connectivity index (χ4v) is 2.22. The lowest BCUT2D eigenvalue weighted by Crippen LogP contribution is -2.21. The number of rotatable bonds is 4. The Labute approximate surface area is 115 Å². The molecule has 0 unspecified atom stereocenters. The second kappa shape index (κ2) is 5.24. The molecule has 20 heavy (non-hydrogen) atoms. The molecule has 0 aliphatic heterocycles. The van der Waals surface area contributed by atoms with Crippen molar-refractivity contribution in [3.05, 3.63) is 53.1 Å². The van der Waals surface area contributed by atoms with Crippen LogP contribution < -0.4 is 5.56 Å². The molecule has 0 radical (unpaired) electrons. The summed E-state index contributed by atoms with van der Waals surface area (Å²) >= 11 is 0. The van der Waals surface area contributed by atoms with Crippen molar-refractivity contribution in [3.63, 3.8) is 0 Å². The molecule has 3 heterocycles. The second-order valence-electron chi connectivity index (χ2n) is 4.76. The first-order chi connectivity index (χ1) is 9.74. The number of nitrogens with zero attached hydrogens (tertiary/aromatic N) is 5. The average molecular weight is 269 g/mol. The van der Waals surface area contributed by atoms with Crippen molar-refractivity contribution in [2.45, 2.75) is 19.4 Å². The molecule has 0 saturated heterocycles. The van der Waals surface area contributed by atoms with Gasteiger partial charge in [-0.1, -0.05) is 0 Å². The molecule has 0 bridgehead atoms. The van der Waals surface area contributed by atoms with E-state index >= 15 is 0 Å². The Morgan fingerprint density at radius 1 is 1.30 bits per heavy atom. The minimum Gasteiger partial charge on any atom is -0.299 e. The van der Waals surface area contributed by atoms with Gasteiger partial charge in [-0.25, -0.2) is 4.98 Å². The van der Waals surface area contributed by atoms with Gasteiger partial charge in [0.05, 0.1) is 23.4 Å². The number of pyridine rings is 1. The van der Waals surface area contributed by atoms with Crippen LogP contribution in [0.15, 0.2) is 42.0 Å². The monoisotopic (exact) mass is 269 g/mol. The van der Waals surface area contributed by atoms with Gasteiger partial charge in [0.1, 0.15) is 0 Å². The van der Waals surface area contributed by atoms with Crippen molar-refractivity contribution in [1.29, 1.82) is 0 Å². The van der Waals surface area contributed by atoms with E-state index in [4.69, 9.17) is 0 Å². The molecule has 0 saturated carbocycles. The maximum absolute atomic E-state index is 12.2. The first-order valence-electron chi connectivity index (χ1n) is 6.51. The van der Waals surface area contributed by atoms with E-state index in [9.17, 15) is 4.79 Å². The molecular weight excluding hydrogens is 254 g/mol. The SMILES string of the molecule is Cn1cc(CCCn2cnc3ccncc3c2=O)cn1. The second-order valence-corrected chi connectivity index (χ2v) is 4.76. The number of hydrogen-bond acceptors (Lipinski definition) is 4. The van der Waals surface area contributed by atoms with Gasteiger partial charge in [-0.05, 0) is 24.5 Å². The van der Waals surface area contributed by atoms with Crippen molar-refractivity contribution in [3.8, 4) is 0 Å². The number of aromatic nitrogens is 5. The third kappa shape index (κ3) is 2.45. The zero-order valence-electron chi connectivity index (χ0n) is 11.2. The van der Waals surface area contributed by atoms with Gasteiger partial charge in [-0.2, -0.15) is 5.10 Å². The van der Waals surface area contributed by atoms with Crippen LogP contribution in [0.1, 0.15) is 12.0 Å². The minimum atomic E-state index is -0.0331. The molecule has 3 aromatic rings. The van der Waals surface area contributed by atoms with Gasteiger partial charge in [-0.3, -0.25) is 19.0 Å². The quantitative estimate of drug-likeness (QED) is 0.713. The lowest BCUT2D eigenvalue weighted by Gasteiger charge is -2.05. The highest BCUT2D eigenvalue weighted by Gasteiger charge is 2.04. The molecule has 0 amide bonds. The van der Waals surface area contributed by atoms with Crippen molar-refractivity contribution in [1.82, 2.24) is 24.3 Å². The Kier molecular flexibility index (Phi) is 3.28. The first-order valence-corrected chi connectivity index (χ1v) is 6.51. The van der Waals surface area contributed by atoms with Crippen molar-refractivity contribution in [2.24, 2.45) is 7.05 Å². The predicted octanol–water partition coefficient (Wildman–Crippen LogP) is 1.16. The van der Waals surface area contributed by atoms with Gasteiger partial charge in [0.25, 0.3) is 5.56 Å². The standard InChI is InChI=1S/C14H15N5O/c1-18-9-11(7-17-18)3-2-6-19-10-16-13-4-5-15-8-12(13)14(19)20/h4-5,7-10H,2-3,6H2,1H3. The highest BCUT2D eigenvalue weighted by molar-refractivity contribution is 5.75. The van der Waals surface area contributed by atoms with Crippen LogP contribution in [0.25, 0.3) is 10.9 Å². The molecule has 0 atom stereocenters. The lowest BCUT2D eigenvalue weighted by molar-refractivity contribution is 0.617. The molecule has 0 fully saturated rings. The van der Waals surface area contributed by atoms with Gasteiger partial charge >= 0.3 is 0 Å². The average Bonchev–Trinajstić information content (AvgIpc) is 2.87. The summed E-state index contributed by atoms with van der Waals surface area (Å²) in [5.41, 5.74) is 1.83. The summed E-state index contributed by atoms with van der Waals surface area (Å²) in [5, 5.41) is 4.69. The van der Waals surface area contributed by atoms with Crippen molar-refractivity contribution < 1.29 is 0 Å². The highest BCUT2D eigenvalue weighted by Crippen LogP contribution is 2.05. The highest BCUT2D eigenvalue weighted by atomic mass is 16.1. The Morgan fingerprint density at radius 2 is 2.20 bits per heavy atom. The molecule has 0 N–H and O–H groups in total. The van der Waals surface area contributed by atoms with Crippen LogP contribution in [0.3, 0.4) is 0 Å². The fraction of sp³-hybridized carbons (Fsp3) is 0.286. The Morgan fingerprint density at radius 3 is 3.00 bits per heavy atom. The number of aryl methyl sites for hydroxylation is 3. The maximum Gasteiger partial charge on any atom is 0.262 e. The lowest BCUT2D eigenvalue weighted by atomic mass is 10.2. The molecule has 6 nitrogen and oxygen atoms in total. The van der Waals surface area contributed by atoms with Crippen molar-refractivity contribution >= 4 is 10.9 Å². The molecule has 3 rings (SSSR count). The summed E-state index contributed by atoms with van der Waals surface area (Å²) in [6.45, 7) is 0.644. The van der Waals surface area contributed by atoms with Crippen LogP contribution in [0.5, 0.6) is 0 Å². The van der Waals surface area contributed by atoms with Gasteiger partial charge in [0.15, 0.2) is 0 Å². The zero-order chi connectivity index (χ0) is 13.9. The van der Waals surface area contributed by atoms with E-state index in [0.29, 0.717) is 17.4 Å². The van der Waals surface area contributed by atoms with E-state index in [2.05, 4.69) is 15.1 Å². The molecule has 0 aromatic carbocycles. The molecular formula is C14H15N5O. The van der Waals surface area contributed by atoms with Gasteiger partial charge in [0, 0.05) is 32.2 Å². The smallest absolute Gasteiger partial charge is 0.262 e. The first kappa shape index (κ1) is 12.5. The number of hydrogen-bond donors (Lipinski definition) is 0. The maximum atomic E-state index is 12.2. The Balaban J connectivity index is 1.74. The van der Waals surface area contributed by atoms with E-state index in [0.717, 1.165) is 12.8 Å². The van der Waals surface area contributed by atoms with E-state index in [1.54, 1.807) is 34.0 Å². The van der Waals surface area contributed by atoms with Crippen LogP contribution in [0.2, 0.25) is 0 Å². The molecule has 6 heteroatoms. The molecule has 0 aliphatic rings. The summed E-state index contributed by atoms with van der Waals surface area (Å²) in [7, 11) is 1.90. The van der Waals surface area contributed by atoms with Crippen LogP contribution in [-0.4, -0.2) is 24.3 Å². The molecule has 3 aromatic heterocycles. The summed E-state index contributed by atoms with van der Waals surface area (Å²) in [5.74, 6) is 0. The summed E-state index contributed by atoms with van der Waals surface area (Å²) < 4.78 is 3.42. The predicted molar refractivity (Wildman–Crippen MR) is 75.3 cm³/mol. The van der Waals surface area contributed by atoms with E-state index < -0.39 is 0 Å². The summed E-state index contributed by atoms with van der Waals surface area (Å²) in [6, 6.07) is 1.75. The zero-order valence-corrected chi connectivity index (χ0v) is 11.2. The van der Waals surface area contributed by atoms with Crippen LogP contribution in [0, 0.1) is 0 Å². The normalized spacial score (nSPS) is 11.1. The summed E-state index contributed by atoms with van der Waals surface area (Å²) in [4.78, 5) is 20.5. The Bertz CT molecular complexity index is 789. The van der Waals surface area contributed by atoms with Gasteiger partial charge < -0.3 is 0 Å². The van der Waals surface area contributed by atoms with Crippen LogP contribution in [0.4, 0.5) is 0 Å². The largest absolute Gasteiger partial charge is 0.299 e. The minimum absolute atomic E-state index is 0.0331. The van der Waals surface area contributed by atoms with Crippen LogP contribution in [-0.2, 0) is 20.0 Å². The van der Waals surface area contributed by atoms with Gasteiger partial charge in [0.2, 0.25) is 0 Å². The topological polar surface area (TPSA) is 65.6 Å². The van der Waals surface area contributed by atoms with E-state index in [1.807, 2.05) is 19.4 Å². The molecule has 0 spiro atoms. The number of fused-ring (bicyclic) bond motifs is 1. The molecule has 102 valence electrons. The van der Waals surface area contributed by atoms with E-state index in [-0.39, 0.29) is 5.56 Å². The van der Waals surface area contributed by atoms with Gasteiger partial charge in [-0.15, -0.1) is 0 Å².